The van der Waals surface area contributed by atoms with Crippen molar-refractivity contribution in [2.75, 3.05) is 6.54 Å². The number of phenolic OH excluding ortho intramolecular Hbond substituents is 2. The summed E-state index contributed by atoms with van der Waals surface area (Å²) in [7, 11) is 0. The van der Waals surface area contributed by atoms with Gasteiger partial charge in [0.1, 0.15) is 11.5 Å². The third-order valence-corrected chi connectivity index (χ3v) is 6.21. The number of benzene rings is 2. The third-order valence-electron chi connectivity index (χ3n) is 6.21. The smallest absolute Gasteiger partial charge is 0.115 e. The Bertz CT molecular complexity index is 811. The summed E-state index contributed by atoms with van der Waals surface area (Å²) in [6.07, 6.45) is 3.70. The molecule has 2 aromatic carbocycles. The van der Waals surface area contributed by atoms with Crippen LogP contribution in [0, 0.1) is 5.92 Å². The van der Waals surface area contributed by atoms with Gasteiger partial charge in [-0.2, -0.15) is 0 Å². The summed E-state index contributed by atoms with van der Waals surface area (Å²) < 4.78 is 0. The van der Waals surface area contributed by atoms with E-state index in [-0.39, 0.29) is 5.92 Å². The number of hydrogen-bond acceptors (Lipinski definition) is 3. The predicted molar refractivity (Wildman–Crippen MR) is 93.4 cm³/mol. The van der Waals surface area contributed by atoms with E-state index in [0.29, 0.717) is 23.6 Å². The molecule has 0 radical (unpaired) electrons. The van der Waals surface area contributed by atoms with Crippen LogP contribution in [0.4, 0.5) is 0 Å². The molecule has 0 aromatic heterocycles. The van der Waals surface area contributed by atoms with Crippen LogP contribution < -0.4 is 0 Å². The lowest BCUT2D eigenvalue weighted by molar-refractivity contribution is 0.115. The highest BCUT2D eigenvalue weighted by molar-refractivity contribution is 5.53. The molecule has 4 aliphatic rings. The molecule has 2 aliphatic carbocycles. The van der Waals surface area contributed by atoms with Crippen molar-refractivity contribution in [1.29, 1.82) is 0 Å². The summed E-state index contributed by atoms with van der Waals surface area (Å²) in [6.45, 7) is 3.48. The molecule has 24 heavy (non-hydrogen) atoms. The first-order valence-corrected chi connectivity index (χ1v) is 9.02. The highest BCUT2D eigenvalue weighted by Crippen LogP contribution is 2.51. The fraction of sp³-hybridized carbons (Fsp3) is 0.429. The quantitative estimate of drug-likeness (QED) is 0.880. The van der Waals surface area contributed by atoms with Crippen LogP contribution >= 0.6 is 0 Å². The normalized spacial score (nSPS) is 28.3. The van der Waals surface area contributed by atoms with Crippen molar-refractivity contribution in [3.8, 4) is 11.5 Å². The molecule has 2 N–H and O–H groups in total. The zero-order valence-corrected chi connectivity index (χ0v) is 13.9. The van der Waals surface area contributed by atoms with Crippen LogP contribution in [0.25, 0.3) is 0 Å². The van der Waals surface area contributed by atoms with Crippen molar-refractivity contribution >= 4 is 0 Å². The first kappa shape index (κ1) is 14.4. The summed E-state index contributed by atoms with van der Waals surface area (Å²) in [5.74, 6) is 1.74. The van der Waals surface area contributed by atoms with Gasteiger partial charge in [0.05, 0.1) is 0 Å². The number of hydrogen-bond donors (Lipinski definition) is 2. The number of fused-ring (bicyclic) bond motifs is 1. The lowest BCUT2D eigenvalue weighted by Crippen LogP contribution is -2.44. The molecule has 2 aliphatic heterocycles. The Morgan fingerprint density at radius 3 is 2.42 bits per heavy atom. The molecule has 2 heterocycles. The van der Waals surface area contributed by atoms with Gasteiger partial charge in [0.15, 0.2) is 0 Å². The highest BCUT2D eigenvalue weighted by atomic mass is 16.3. The maximum Gasteiger partial charge on any atom is 0.115 e. The van der Waals surface area contributed by atoms with Crippen LogP contribution in [0.15, 0.2) is 36.4 Å². The van der Waals surface area contributed by atoms with E-state index >= 15 is 0 Å². The van der Waals surface area contributed by atoms with Crippen LogP contribution in [-0.2, 0) is 6.42 Å². The molecule has 3 atom stereocenters. The van der Waals surface area contributed by atoms with Crippen molar-refractivity contribution in [1.82, 2.24) is 4.90 Å². The van der Waals surface area contributed by atoms with E-state index in [0.717, 1.165) is 12.3 Å². The zero-order chi connectivity index (χ0) is 16.4. The Morgan fingerprint density at radius 1 is 0.958 bits per heavy atom. The number of rotatable bonds is 2. The van der Waals surface area contributed by atoms with Crippen LogP contribution in [0.3, 0.4) is 0 Å². The highest BCUT2D eigenvalue weighted by Gasteiger charge is 2.44. The molecule has 0 amide bonds. The van der Waals surface area contributed by atoms with E-state index in [9.17, 15) is 10.2 Å². The Kier molecular flexibility index (Phi) is 2.99. The molecule has 0 spiro atoms. The average Bonchev–Trinajstić information content (AvgIpc) is 3.37. The SMILES string of the molecule is C[C@@H]1[C@H]2c3cc(O)ccc3C[C@@H](c3ccc(O)cc32)N1CC1CC1. The van der Waals surface area contributed by atoms with Crippen molar-refractivity contribution in [2.24, 2.45) is 5.92 Å². The van der Waals surface area contributed by atoms with Gasteiger partial charge in [0.2, 0.25) is 0 Å². The van der Waals surface area contributed by atoms with Gasteiger partial charge < -0.3 is 10.2 Å². The van der Waals surface area contributed by atoms with Gasteiger partial charge in [-0.3, -0.25) is 4.90 Å². The summed E-state index contributed by atoms with van der Waals surface area (Å²) in [6, 6.07) is 12.5. The first-order chi connectivity index (χ1) is 11.6. The van der Waals surface area contributed by atoms with Crippen LogP contribution in [-0.4, -0.2) is 27.7 Å². The second kappa shape index (κ2) is 5.00. The molecule has 6 rings (SSSR count). The molecule has 2 aromatic rings. The number of aromatic hydroxyl groups is 2. The minimum Gasteiger partial charge on any atom is -0.508 e. The van der Waals surface area contributed by atoms with Gasteiger partial charge in [-0.05, 0) is 78.6 Å². The molecule has 124 valence electrons. The van der Waals surface area contributed by atoms with Gasteiger partial charge in [-0.25, -0.2) is 0 Å². The summed E-state index contributed by atoms with van der Waals surface area (Å²) in [4.78, 5) is 2.68. The van der Waals surface area contributed by atoms with E-state index in [1.54, 1.807) is 0 Å². The lowest BCUT2D eigenvalue weighted by Gasteiger charge is -2.44. The minimum absolute atomic E-state index is 0.215. The molecule has 3 heteroatoms. The van der Waals surface area contributed by atoms with Crippen LogP contribution in [0.5, 0.6) is 11.5 Å². The van der Waals surface area contributed by atoms with Crippen molar-refractivity contribution in [3.05, 3.63) is 58.7 Å². The van der Waals surface area contributed by atoms with Crippen molar-refractivity contribution < 1.29 is 10.2 Å². The second-order valence-electron chi connectivity index (χ2n) is 7.77. The standard InChI is InChI=1S/C21H23NO2/c1-12-21-18-9-15(23)5-4-14(18)8-20(22(12)11-13-2-3-13)17-7-6-16(24)10-19(17)21/h4-7,9-10,12-13,20-21,23-24H,2-3,8,11H2,1H3/t12-,20+,21+/m1/s1. The Morgan fingerprint density at radius 2 is 1.67 bits per heavy atom. The zero-order valence-electron chi connectivity index (χ0n) is 13.9. The molecule has 2 bridgehead atoms. The number of nitrogens with zero attached hydrogens (tertiary/aromatic N) is 1. The van der Waals surface area contributed by atoms with E-state index in [2.05, 4.69) is 24.0 Å². The van der Waals surface area contributed by atoms with Gasteiger partial charge in [-0.15, -0.1) is 0 Å². The van der Waals surface area contributed by atoms with Gasteiger partial charge in [0, 0.05) is 24.5 Å². The van der Waals surface area contributed by atoms with Crippen molar-refractivity contribution in [2.45, 2.75) is 44.2 Å². The average molecular weight is 321 g/mol. The van der Waals surface area contributed by atoms with E-state index in [1.807, 2.05) is 24.3 Å². The minimum atomic E-state index is 0.215. The topological polar surface area (TPSA) is 43.7 Å². The molecule has 0 saturated heterocycles. The molecular weight excluding hydrogens is 298 g/mol. The summed E-state index contributed by atoms with van der Waals surface area (Å²) in [5.41, 5.74) is 5.16. The Labute approximate surface area is 142 Å². The van der Waals surface area contributed by atoms with Crippen LogP contribution in [0.1, 0.15) is 54.0 Å². The molecule has 0 unspecified atom stereocenters. The van der Waals surface area contributed by atoms with Gasteiger partial charge in [-0.1, -0.05) is 12.1 Å². The maximum atomic E-state index is 10.1. The maximum absolute atomic E-state index is 10.1. The van der Waals surface area contributed by atoms with Gasteiger partial charge in [0.25, 0.3) is 0 Å². The first-order valence-electron chi connectivity index (χ1n) is 9.02. The largest absolute Gasteiger partial charge is 0.508 e. The van der Waals surface area contributed by atoms with E-state index in [4.69, 9.17) is 0 Å². The number of phenols is 2. The van der Waals surface area contributed by atoms with E-state index < -0.39 is 0 Å². The Hall–Kier alpha value is -2.00. The van der Waals surface area contributed by atoms with Gasteiger partial charge >= 0.3 is 0 Å². The Balaban J connectivity index is 1.72. The fourth-order valence-corrected chi connectivity index (χ4v) is 4.86. The monoisotopic (exact) mass is 321 g/mol. The van der Waals surface area contributed by atoms with E-state index in [1.165, 1.54) is 41.6 Å². The molecule has 1 saturated carbocycles. The second-order valence-corrected chi connectivity index (χ2v) is 7.77. The van der Waals surface area contributed by atoms with Crippen molar-refractivity contribution in [3.63, 3.8) is 0 Å². The molecule has 3 nitrogen and oxygen atoms in total. The lowest BCUT2D eigenvalue weighted by atomic mass is 9.79. The molecular formula is C21H23NO2. The predicted octanol–water partition coefficient (Wildman–Crippen LogP) is 3.94. The summed E-state index contributed by atoms with van der Waals surface area (Å²) >= 11 is 0. The summed E-state index contributed by atoms with van der Waals surface area (Å²) in [5, 5.41) is 20.1. The molecule has 1 fully saturated rings. The third kappa shape index (κ3) is 2.07. The van der Waals surface area contributed by atoms with Crippen LogP contribution in [0.2, 0.25) is 0 Å². The fourth-order valence-electron chi connectivity index (χ4n) is 4.86.